The van der Waals surface area contributed by atoms with Gasteiger partial charge in [0.1, 0.15) is 12.4 Å². The van der Waals surface area contributed by atoms with Crippen molar-refractivity contribution in [1.82, 2.24) is 19.8 Å². The lowest BCUT2D eigenvalue weighted by molar-refractivity contribution is -0.126. The summed E-state index contributed by atoms with van der Waals surface area (Å²) in [5, 5.41) is 0. The Morgan fingerprint density at radius 3 is 2.72 bits per heavy atom. The minimum atomic E-state index is -0.00303. The summed E-state index contributed by atoms with van der Waals surface area (Å²) < 4.78 is 6.05. The van der Waals surface area contributed by atoms with Gasteiger partial charge in [-0.25, -0.2) is 0 Å². The molecule has 1 aromatic carbocycles. The maximum Gasteiger partial charge on any atom is 0.318 e. The minimum absolute atomic E-state index is 0.00303. The highest BCUT2D eigenvalue weighted by atomic mass is 16.5. The van der Waals surface area contributed by atoms with Gasteiger partial charge in [-0.3, -0.25) is 4.79 Å². The van der Waals surface area contributed by atoms with Crippen LogP contribution in [0.5, 0.6) is 6.01 Å². The van der Waals surface area contributed by atoms with E-state index in [-0.39, 0.29) is 5.91 Å². The van der Waals surface area contributed by atoms with Gasteiger partial charge in [-0.1, -0.05) is 24.8 Å². The van der Waals surface area contributed by atoms with Gasteiger partial charge >= 0.3 is 6.01 Å². The molecule has 36 heavy (non-hydrogen) atoms. The lowest BCUT2D eigenvalue weighted by atomic mass is 9.88. The molecule has 8 heteroatoms. The standard InChI is InChI=1S/C28H38N6O2/c1-4-26(35)32-14-16-33(17-15-32)27-23-12-11-22(34-13-7-9-21-8-5-6-10-25(21)34)20-24(23)29-28(30-27)36-19-18-31(2)3/h4-6,8,10,22H,1,7,9,11-20H2,2-3H3. The molecule has 8 nitrogen and oxygen atoms in total. The zero-order valence-electron chi connectivity index (χ0n) is 21.7. The molecule has 3 heterocycles. The molecule has 1 fully saturated rings. The second-order valence-corrected chi connectivity index (χ2v) is 10.2. The number of anilines is 2. The summed E-state index contributed by atoms with van der Waals surface area (Å²) in [6, 6.07) is 9.74. The van der Waals surface area contributed by atoms with E-state index in [0.29, 0.717) is 31.7 Å². The number of para-hydroxylation sites is 1. The van der Waals surface area contributed by atoms with Crippen molar-refractivity contribution < 1.29 is 9.53 Å². The fourth-order valence-corrected chi connectivity index (χ4v) is 5.68. The van der Waals surface area contributed by atoms with Gasteiger partial charge in [-0.15, -0.1) is 0 Å². The van der Waals surface area contributed by atoms with Crippen LogP contribution in [-0.2, 0) is 24.1 Å². The number of hydrogen-bond donors (Lipinski definition) is 0. The lowest BCUT2D eigenvalue weighted by Gasteiger charge is -2.41. The molecule has 0 spiro atoms. The maximum absolute atomic E-state index is 12.1. The number of aryl methyl sites for hydroxylation is 1. The number of hydrogen-bond acceptors (Lipinski definition) is 7. The van der Waals surface area contributed by atoms with Crippen molar-refractivity contribution >= 4 is 17.4 Å². The van der Waals surface area contributed by atoms with E-state index in [2.05, 4.69) is 45.5 Å². The zero-order chi connectivity index (χ0) is 25.1. The first-order chi connectivity index (χ1) is 17.5. The van der Waals surface area contributed by atoms with Crippen LogP contribution in [0.25, 0.3) is 0 Å². The van der Waals surface area contributed by atoms with Crippen LogP contribution in [0.3, 0.4) is 0 Å². The van der Waals surface area contributed by atoms with Gasteiger partial charge in [-0.2, -0.15) is 9.97 Å². The van der Waals surface area contributed by atoms with Crippen LogP contribution in [0.15, 0.2) is 36.9 Å². The Kier molecular flexibility index (Phi) is 7.41. The summed E-state index contributed by atoms with van der Waals surface area (Å²) in [5.74, 6) is 0.986. The maximum atomic E-state index is 12.1. The van der Waals surface area contributed by atoms with E-state index in [1.54, 1.807) is 0 Å². The van der Waals surface area contributed by atoms with Crippen LogP contribution in [-0.4, -0.2) is 91.7 Å². The van der Waals surface area contributed by atoms with E-state index >= 15 is 0 Å². The molecule has 0 bridgehead atoms. The molecule has 0 saturated carbocycles. The van der Waals surface area contributed by atoms with Crippen molar-refractivity contribution in [3.05, 3.63) is 53.7 Å². The third-order valence-electron chi connectivity index (χ3n) is 7.63. The average Bonchev–Trinajstić information content (AvgIpc) is 2.91. The topological polar surface area (TPSA) is 65.0 Å². The first kappa shape index (κ1) is 24.6. The Balaban J connectivity index is 1.40. The molecule has 1 aromatic heterocycles. The normalized spacial score (nSPS) is 19.6. The van der Waals surface area contributed by atoms with Crippen molar-refractivity contribution in [2.75, 3.05) is 69.8 Å². The van der Waals surface area contributed by atoms with Crippen molar-refractivity contribution in [3.8, 4) is 6.01 Å². The number of aromatic nitrogens is 2. The highest BCUT2D eigenvalue weighted by molar-refractivity contribution is 5.87. The van der Waals surface area contributed by atoms with E-state index in [1.165, 1.54) is 29.3 Å². The molecular weight excluding hydrogens is 452 g/mol. The van der Waals surface area contributed by atoms with E-state index in [4.69, 9.17) is 14.7 Å². The van der Waals surface area contributed by atoms with E-state index in [9.17, 15) is 4.79 Å². The molecule has 3 aliphatic rings. The van der Waals surface area contributed by atoms with E-state index in [0.717, 1.165) is 63.4 Å². The fraction of sp³-hybridized carbons (Fsp3) is 0.536. The Bertz CT molecular complexity index is 1100. The van der Waals surface area contributed by atoms with Crippen molar-refractivity contribution in [2.24, 2.45) is 0 Å². The number of amides is 1. The number of carbonyl (C=O) groups is 1. The molecule has 1 amide bonds. The van der Waals surface area contributed by atoms with E-state index in [1.807, 2.05) is 19.0 Å². The predicted molar refractivity (Wildman–Crippen MR) is 143 cm³/mol. The van der Waals surface area contributed by atoms with Crippen LogP contribution in [0.1, 0.15) is 29.7 Å². The van der Waals surface area contributed by atoms with Gasteiger partial charge < -0.3 is 24.3 Å². The molecule has 1 aliphatic carbocycles. The summed E-state index contributed by atoms with van der Waals surface area (Å²) in [6.07, 6.45) is 6.70. The molecule has 5 rings (SSSR count). The molecule has 1 unspecified atom stereocenters. The van der Waals surface area contributed by atoms with Gasteiger partial charge in [0.2, 0.25) is 5.91 Å². The largest absolute Gasteiger partial charge is 0.462 e. The van der Waals surface area contributed by atoms with Crippen LogP contribution < -0.4 is 14.5 Å². The molecule has 0 radical (unpaired) electrons. The summed E-state index contributed by atoms with van der Waals surface area (Å²) >= 11 is 0. The third kappa shape index (κ3) is 5.19. The molecule has 192 valence electrons. The summed E-state index contributed by atoms with van der Waals surface area (Å²) in [7, 11) is 4.07. The van der Waals surface area contributed by atoms with Crippen LogP contribution >= 0.6 is 0 Å². The molecule has 2 aromatic rings. The summed E-state index contributed by atoms with van der Waals surface area (Å²) in [5.41, 5.74) is 5.21. The SMILES string of the molecule is C=CC(=O)N1CCN(c2nc(OCCN(C)C)nc3c2CCC(N2CCCc4ccccc42)C3)CC1. The van der Waals surface area contributed by atoms with Crippen LogP contribution in [0.4, 0.5) is 11.5 Å². The van der Waals surface area contributed by atoms with Crippen molar-refractivity contribution in [2.45, 2.75) is 38.1 Å². The minimum Gasteiger partial charge on any atom is -0.462 e. The molecule has 0 N–H and O–H groups in total. The zero-order valence-corrected chi connectivity index (χ0v) is 21.7. The molecule has 2 aliphatic heterocycles. The predicted octanol–water partition coefficient (Wildman–Crippen LogP) is 2.56. The first-order valence-corrected chi connectivity index (χ1v) is 13.2. The second-order valence-electron chi connectivity index (χ2n) is 10.2. The fourth-order valence-electron chi connectivity index (χ4n) is 5.68. The number of rotatable bonds is 7. The number of fused-ring (bicyclic) bond motifs is 2. The highest BCUT2D eigenvalue weighted by Crippen LogP contribution is 2.36. The monoisotopic (exact) mass is 490 g/mol. The number of carbonyl (C=O) groups excluding carboxylic acids is 1. The summed E-state index contributed by atoms with van der Waals surface area (Å²) in [4.78, 5) is 30.8. The average molecular weight is 491 g/mol. The van der Waals surface area contributed by atoms with Gasteiger partial charge in [0.15, 0.2) is 0 Å². The third-order valence-corrected chi connectivity index (χ3v) is 7.63. The summed E-state index contributed by atoms with van der Waals surface area (Å²) in [6.45, 7) is 8.95. The van der Waals surface area contributed by atoms with Crippen molar-refractivity contribution in [3.63, 3.8) is 0 Å². The lowest BCUT2D eigenvalue weighted by Crippen LogP contribution is -2.49. The Labute approximate surface area is 214 Å². The molecular formula is C28H38N6O2. The Hall–Kier alpha value is -3.13. The number of likely N-dealkylation sites (N-methyl/N-ethyl adjacent to an activating group) is 1. The van der Waals surface area contributed by atoms with Gasteiger partial charge in [0.05, 0.1) is 5.69 Å². The molecule has 1 atom stereocenters. The number of piperazine rings is 1. The van der Waals surface area contributed by atoms with E-state index < -0.39 is 0 Å². The first-order valence-electron chi connectivity index (χ1n) is 13.2. The van der Waals surface area contributed by atoms with Gasteiger partial charge in [-0.05, 0) is 57.5 Å². The quantitative estimate of drug-likeness (QED) is 0.553. The smallest absolute Gasteiger partial charge is 0.318 e. The number of ether oxygens (including phenoxy) is 1. The second kappa shape index (κ2) is 10.9. The highest BCUT2D eigenvalue weighted by Gasteiger charge is 2.32. The Morgan fingerprint density at radius 1 is 1.14 bits per heavy atom. The van der Waals surface area contributed by atoms with Gasteiger partial charge in [0, 0.05) is 63.0 Å². The van der Waals surface area contributed by atoms with Gasteiger partial charge in [0.25, 0.3) is 0 Å². The molecule has 1 saturated heterocycles. The number of nitrogens with zero attached hydrogens (tertiary/aromatic N) is 6. The van der Waals surface area contributed by atoms with Crippen LogP contribution in [0.2, 0.25) is 0 Å². The number of benzene rings is 1. The Morgan fingerprint density at radius 2 is 1.94 bits per heavy atom. The van der Waals surface area contributed by atoms with Crippen LogP contribution in [0, 0.1) is 0 Å². The van der Waals surface area contributed by atoms with Crippen molar-refractivity contribution in [1.29, 1.82) is 0 Å².